The van der Waals surface area contributed by atoms with Crippen molar-refractivity contribution in [2.75, 3.05) is 27.2 Å². The number of nitrogens with two attached hydrogens (primary N) is 1. The molecule has 0 fully saturated rings. The van der Waals surface area contributed by atoms with E-state index in [4.69, 9.17) is 5.73 Å². The van der Waals surface area contributed by atoms with Crippen molar-refractivity contribution >= 4 is 0 Å². The van der Waals surface area contributed by atoms with Crippen molar-refractivity contribution in [1.82, 2.24) is 14.0 Å². The number of aryl methyl sites for hydroxylation is 1. The number of nitrogens with zero attached hydrogens (tertiary/aromatic N) is 3. The summed E-state index contributed by atoms with van der Waals surface area (Å²) >= 11 is 0. The molecule has 0 aliphatic carbocycles. The quantitative estimate of drug-likeness (QED) is 0.699. The Morgan fingerprint density at radius 3 is 2.56 bits per heavy atom. The minimum atomic E-state index is -0.252. The first-order valence-electron chi connectivity index (χ1n) is 6.21. The molecule has 0 aromatic carbocycles. The maximum Gasteiger partial charge on any atom is 0.330 e. The SMILES string of the molecule is CN(C)CCCn1ccc(=O)n(CCCN)c1=O. The minimum Gasteiger partial charge on any atom is -0.330 e. The van der Waals surface area contributed by atoms with Crippen molar-refractivity contribution in [2.24, 2.45) is 5.73 Å². The van der Waals surface area contributed by atoms with Crippen molar-refractivity contribution in [3.8, 4) is 0 Å². The summed E-state index contributed by atoms with van der Waals surface area (Å²) in [5.41, 5.74) is 4.90. The molecule has 1 aromatic rings. The number of rotatable bonds is 7. The van der Waals surface area contributed by atoms with Gasteiger partial charge in [0.2, 0.25) is 0 Å². The van der Waals surface area contributed by atoms with Crippen LogP contribution < -0.4 is 17.0 Å². The van der Waals surface area contributed by atoms with Gasteiger partial charge in [-0.05, 0) is 40.0 Å². The van der Waals surface area contributed by atoms with Crippen molar-refractivity contribution in [3.63, 3.8) is 0 Å². The minimum absolute atomic E-state index is 0.241. The normalized spacial score (nSPS) is 11.1. The van der Waals surface area contributed by atoms with Gasteiger partial charge >= 0.3 is 5.69 Å². The standard InChI is InChI=1S/C12H22N4O2/c1-14(2)7-4-8-15-10-5-11(17)16(12(15)18)9-3-6-13/h5,10H,3-4,6-9,13H2,1-2H3. The maximum atomic E-state index is 12.0. The highest BCUT2D eigenvalue weighted by atomic mass is 16.2. The average Bonchev–Trinajstić information content (AvgIpc) is 2.31. The molecule has 1 rings (SSSR count). The van der Waals surface area contributed by atoms with Gasteiger partial charge in [0.1, 0.15) is 0 Å². The molecular formula is C12H22N4O2. The molecule has 0 radical (unpaired) electrons. The first-order valence-corrected chi connectivity index (χ1v) is 6.21. The monoisotopic (exact) mass is 254 g/mol. The molecule has 0 saturated carbocycles. The average molecular weight is 254 g/mol. The summed E-state index contributed by atoms with van der Waals surface area (Å²) in [7, 11) is 3.98. The van der Waals surface area contributed by atoms with Crippen LogP contribution in [0.1, 0.15) is 12.8 Å². The fraction of sp³-hybridized carbons (Fsp3) is 0.667. The lowest BCUT2D eigenvalue weighted by atomic mass is 10.4. The lowest BCUT2D eigenvalue weighted by molar-refractivity contribution is 0.381. The van der Waals surface area contributed by atoms with Gasteiger partial charge in [-0.3, -0.25) is 9.36 Å². The summed E-state index contributed by atoms with van der Waals surface area (Å²) in [5.74, 6) is 0. The Morgan fingerprint density at radius 1 is 1.22 bits per heavy atom. The van der Waals surface area contributed by atoms with Gasteiger partial charge in [0.15, 0.2) is 0 Å². The molecule has 102 valence electrons. The first kappa shape index (κ1) is 14.7. The predicted molar refractivity (Wildman–Crippen MR) is 71.8 cm³/mol. The molecule has 0 unspecified atom stereocenters. The fourth-order valence-corrected chi connectivity index (χ4v) is 1.74. The fourth-order valence-electron chi connectivity index (χ4n) is 1.74. The number of hydrogen-bond acceptors (Lipinski definition) is 4. The van der Waals surface area contributed by atoms with E-state index in [9.17, 15) is 9.59 Å². The van der Waals surface area contributed by atoms with Gasteiger partial charge in [0, 0.05) is 25.4 Å². The van der Waals surface area contributed by atoms with Crippen molar-refractivity contribution in [1.29, 1.82) is 0 Å². The van der Waals surface area contributed by atoms with Crippen molar-refractivity contribution in [3.05, 3.63) is 33.1 Å². The number of aromatic nitrogens is 2. The van der Waals surface area contributed by atoms with Crippen LogP contribution in [0.5, 0.6) is 0 Å². The topological polar surface area (TPSA) is 73.3 Å². The smallest absolute Gasteiger partial charge is 0.330 e. The molecule has 2 N–H and O–H groups in total. The number of hydrogen-bond donors (Lipinski definition) is 1. The Morgan fingerprint density at radius 2 is 1.94 bits per heavy atom. The summed E-state index contributed by atoms with van der Waals surface area (Å²) in [6.07, 6.45) is 3.08. The van der Waals surface area contributed by atoms with Gasteiger partial charge in [0.05, 0.1) is 0 Å². The van der Waals surface area contributed by atoms with E-state index in [2.05, 4.69) is 4.90 Å². The van der Waals surface area contributed by atoms with Gasteiger partial charge in [-0.1, -0.05) is 0 Å². The largest absolute Gasteiger partial charge is 0.330 e. The highest BCUT2D eigenvalue weighted by Crippen LogP contribution is 1.89. The van der Waals surface area contributed by atoms with E-state index in [0.717, 1.165) is 13.0 Å². The molecule has 0 bridgehead atoms. The van der Waals surface area contributed by atoms with E-state index < -0.39 is 0 Å². The summed E-state index contributed by atoms with van der Waals surface area (Å²) in [6, 6.07) is 1.44. The Balaban J connectivity index is 2.81. The summed E-state index contributed by atoms with van der Waals surface area (Å²) in [6.45, 7) is 2.40. The Bertz CT molecular complexity index is 476. The molecule has 18 heavy (non-hydrogen) atoms. The molecule has 0 amide bonds. The van der Waals surface area contributed by atoms with Gasteiger partial charge in [-0.2, -0.15) is 0 Å². The lowest BCUT2D eigenvalue weighted by Crippen LogP contribution is -2.39. The zero-order chi connectivity index (χ0) is 13.5. The Kier molecular flexibility index (Phi) is 5.80. The van der Waals surface area contributed by atoms with Gasteiger partial charge < -0.3 is 15.2 Å². The van der Waals surface area contributed by atoms with Crippen molar-refractivity contribution < 1.29 is 0 Å². The highest BCUT2D eigenvalue weighted by molar-refractivity contribution is 4.86. The molecular weight excluding hydrogens is 232 g/mol. The molecule has 0 spiro atoms. The van der Waals surface area contributed by atoms with E-state index in [-0.39, 0.29) is 11.2 Å². The van der Waals surface area contributed by atoms with Crippen LogP contribution in [0.25, 0.3) is 0 Å². The maximum absolute atomic E-state index is 12.0. The van der Waals surface area contributed by atoms with Gasteiger partial charge in [-0.15, -0.1) is 0 Å². The second-order valence-corrected chi connectivity index (χ2v) is 4.58. The van der Waals surface area contributed by atoms with Crippen LogP contribution >= 0.6 is 0 Å². The third-order valence-electron chi connectivity index (χ3n) is 2.73. The van der Waals surface area contributed by atoms with Crippen LogP contribution in [0.3, 0.4) is 0 Å². The molecule has 0 aliphatic rings. The molecule has 0 atom stereocenters. The van der Waals surface area contributed by atoms with E-state index in [1.807, 2.05) is 14.1 Å². The second-order valence-electron chi connectivity index (χ2n) is 4.58. The van der Waals surface area contributed by atoms with Gasteiger partial charge in [0.25, 0.3) is 5.56 Å². The van der Waals surface area contributed by atoms with Crippen LogP contribution in [-0.2, 0) is 13.1 Å². The summed E-state index contributed by atoms with van der Waals surface area (Å²) in [4.78, 5) is 25.7. The van der Waals surface area contributed by atoms with E-state index in [0.29, 0.717) is 26.1 Å². The van der Waals surface area contributed by atoms with Crippen LogP contribution in [0, 0.1) is 0 Å². The summed E-state index contributed by atoms with van der Waals surface area (Å²) < 4.78 is 2.84. The molecule has 6 heteroatoms. The molecule has 0 aliphatic heterocycles. The van der Waals surface area contributed by atoms with Crippen LogP contribution in [-0.4, -0.2) is 41.2 Å². The van der Waals surface area contributed by atoms with E-state index in [1.165, 1.54) is 10.6 Å². The van der Waals surface area contributed by atoms with E-state index in [1.54, 1.807) is 10.8 Å². The van der Waals surface area contributed by atoms with Gasteiger partial charge in [-0.25, -0.2) is 4.79 Å². The Hall–Kier alpha value is -1.40. The molecule has 1 heterocycles. The lowest BCUT2D eigenvalue weighted by Gasteiger charge is -2.12. The van der Waals surface area contributed by atoms with Crippen LogP contribution in [0.4, 0.5) is 0 Å². The Labute approximate surface area is 107 Å². The third-order valence-corrected chi connectivity index (χ3v) is 2.73. The van der Waals surface area contributed by atoms with E-state index >= 15 is 0 Å². The first-order chi connectivity index (χ1) is 8.56. The zero-order valence-corrected chi connectivity index (χ0v) is 11.1. The third kappa shape index (κ3) is 4.12. The molecule has 6 nitrogen and oxygen atoms in total. The molecule has 1 aromatic heterocycles. The van der Waals surface area contributed by atoms with Crippen LogP contribution in [0.15, 0.2) is 21.9 Å². The molecule has 0 saturated heterocycles. The second kappa shape index (κ2) is 7.13. The van der Waals surface area contributed by atoms with Crippen LogP contribution in [0.2, 0.25) is 0 Å². The predicted octanol–water partition coefficient (Wildman–Crippen LogP) is -0.689. The highest BCUT2D eigenvalue weighted by Gasteiger charge is 2.04. The zero-order valence-electron chi connectivity index (χ0n) is 11.1. The summed E-state index contributed by atoms with van der Waals surface area (Å²) in [5, 5.41) is 0. The van der Waals surface area contributed by atoms with Crippen molar-refractivity contribution in [2.45, 2.75) is 25.9 Å².